The van der Waals surface area contributed by atoms with Gasteiger partial charge in [0.2, 0.25) is 0 Å². The van der Waals surface area contributed by atoms with E-state index in [0.29, 0.717) is 0 Å². The Morgan fingerprint density at radius 3 is 2.67 bits per heavy atom. The van der Waals surface area contributed by atoms with Gasteiger partial charge in [-0.3, -0.25) is 9.67 Å². The van der Waals surface area contributed by atoms with Crippen molar-refractivity contribution in [1.29, 1.82) is 0 Å². The second-order valence-electron chi connectivity index (χ2n) is 6.41. The summed E-state index contributed by atoms with van der Waals surface area (Å²) in [6, 6.07) is 10.2. The highest BCUT2D eigenvalue weighted by Gasteiger charge is 2.09. The van der Waals surface area contributed by atoms with E-state index in [2.05, 4.69) is 53.0 Å². The number of guanidine groups is 1. The zero-order valence-corrected chi connectivity index (χ0v) is 19.4. The molecule has 0 aliphatic rings. The number of para-hydroxylation sites is 1. The molecule has 1 N–H and O–H groups in total. The smallest absolute Gasteiger partial charge is 0.193 e. The molecule has 0 spiro atoms. The minimum absolute atomic E-state index is 0. The summed E-state index contributed by atoms with van der Waals surface area (Å²) < 4.78 is 7.50. The number of aryl methyl sites for hydroxylation is 3. The fraction of sp³-hybridized carbons (Fsp3) is 0.500. The van der Waals surface area contributed by atoms with Crippen molar-refractivity contribution in [3.8, 4) is 5.75 Å². The molecule has 0 bridgehead atoms. The van der Waals surface area contributed by atoms with Crippen LogP contribution in [0.3, 0.4) is 0 Å². The average Bonchev–Trinajstić information content (AvgIpc) is 2.95. The van der Waals surface area contributed by atoms with E-state index in [1.165, 1.54) is 5.69 Å². The molecule has 0 radical (unpaired) electrons. The zero-order chi connectivity index (χ0) is 18.9. The van der Waals surface area contributed by atoms with Crippen LogP contribution in [0.5, 0.6) is 5.75 Å². The van der Waals surface area contributed by atoms with Gasteiger partial charge in [-0.2, -0.15) is 5.10 Å². The highest BCUT2D eigenvalue weighted by atomic mass is 127. The number of hydrogen-bond donors (Lipinski definition) is 1. The normalized spacial score (nSPS) is 11.1. The minimum Gasteiger partial charge on any atom is -0.496 e. The first kappa shape index (κ1) is 23.3. The minimum atomic E-state index is 0. The van der Waals surface area contributed by atoms with Crippen LogP contribution in [-0.4, -0.2) is 47.9 Å². The van der Waals surface area contributed by atoms with Crippen LogP contribution in [0.1, 0.15) is 30.3 Å². The lowest BCUT2D eigenvalue weighted by atomic mass is 10.2. The molecule has 0 atom stereocenters. The summed E-state index contributed by atoms with van der Waals surface area (Å²) in [6.45, 7) is 9.43. The van der Waals surface area contributed by atoms with E-state index in [9.17, 15) is 0 Å². The second-order valence-corrected chi connectivity index (χ2v) is 6.41. The molecule has 27 heavy (non-hydrogen) atoms. The summed E-state index contributed by atoms with van der Waals surface area (Å²) in [5, 5.41) is 7.87. The molecule has 2 aromatic rings. The molecule has 7 heteroatoms. The fourth-order valence-electron chi connectivity index (χ4n) is 2.94. The molecule has 0 unspecified atom stereocenters. The van der Waals surface area contributed by atoms with Crippen LogP contribution in [0.2, 0.25) is 0 Å². The molecule has 0 amide bonds. The Hall–Kier alpha value is -1.77. The van der Waals surface area contributed by atoms with Gasteiger partial charge in [0.1, 0.15) is 5.75 Å². The Bertz CT molecular complexity index is 729. The highest BCUT2D eigenvalue weighted by Crippen LogP contribution is 2.18. The average molecular weight is 485 g/mol. The molecule has 1 aromatic carbocycles. The number of benzene rings is 1. The summed E-state index contributed by atoms with van der Waals surface area (Å²) in [5.41, 5.74) is 3.41. The van der Waals surface area contributed by atoms with Crippen molar-refractivity contribution in [2.24, 2.45) is 4.99 Å². The van der Waals surface area contributed by atoms with Crippen molar-refractivity contribution < 1.29 is 4.74 Å². The zero-order valence-electron chi connectivity index (χ0n) is 17.0. The number of hydrogen-bond acceptors (Lipinski definition) is 3. The summed E-state index contributed by atoms with van der Waals surface area (Å²) in [6.07, 6.45) is 0.958. The number of halogens is 1. The molecular weight excluding hydrogens is 453 g/mol. The van der Waals surface area contributed by atoms with Gasteiger partial charge in [0, 0.05) is 44.5 Å². The number of nitrogens with zero attached hydrogens (tertiary/aromatic N) is 4. The predicted octanol–water partition coefficient (Wildman–Crippen LogP) is 3.61. The maximum absolute atomic E-state index is 5.45. The first-order chi connectivity index (χ1) is 12.5. The molecular formula is C20H32IN5O. The van der Waals surface area contributed by atoms with Gasteiger partial charge in [-0.25, -0.2) is 0 Å². The van der Waals surface area contributed by atoms with Crippen LogP contribution < -0.4 is 10.1 Å². The lowest BCUT2D eigenvalue weighted by Crippen LogP contribution is -2.38. The fourth-order valence-corrected chi connectivity index (χ4v) is 2.94. The maximum atomic E-state index is 5.45. The van der Waals surface area contributed by atoms with E-state index in [1.54, 1.807) is 7.11 Å². The van der Waals surface area contributed by atoms with E-state index >= 15 is 0 Å². The number of methoxy groups -OCH3 is 1. The Labute approximate surface area is 180 Å². The van der Waals surface area contributed by atoms with Crippen LogP contribution in [0.4, 0.5) is 0 Å². The molecule has 1 heterocycles. The van der Waals surface area contributed by atoms with Crippen molar-refractivity contribution in [1.82, 2.24) is 20.0 Å². The van der Waals surface area contributed by atoms with Gasteiger partial charge in [-0.1, -0.05) is 18.2 Å². The van der Waals surface area contributed by atoms with E-state index in [4.69, 9.17) is 9.73 Å². The molecule has 0 aliphatic carbocycles. The van der Waals surface area contributed by atoms with E-state index < -0.39 is 0 Å². The van der Waals surface area contributed by atoms with Crippen LogP contribution in [0.15, 0.2) is 35.3 Å². The Morgan fingerprint density at radius 1 is 1.30 bits per heavy atom. The molecule has 2 rings (SSSR count). The largest absolute Gasteiger partial charge is 0.496 e. The Morgan fingerprint density at radius 2 is 2.04 bits per heavy atom. The van der Waals surface area contributed by atoms with Gasteiger partial charge in [-0.05, 0) is 39.3 Å². The van der Waals surface area contributed by atoms with Crippen molar-refractivity contribution >= 4 is 29.9 Å². The lowest BCUT2D eigenvalue weighted by molar-refractivity contribution is 0.396. The summed E-state index contributed by atoms with van der Waals surface area (Å²) >= 11 is 0. The van der Waals surface area contributed by atoms with Gasteiger partial charge in [0.25, 0.3) is 0 Å². The molecule has 0 fully saturated rings. The number of ether oxygens (including phenoxy) is 1. The van der Waals surface area contributed by atoms with Crippen LogP contribution in [0.25, 0.3) is 0 Å². The van der Waals surface area contributed by atoms with Crippen molar-refractivity contribution in [2.75, 3.05) is 27.2 Å². The highest BCUT2D eigenvalue weighted by molar-refractivity contribution is 14.0. The molecule has 150 valence electrons. The van der Waals surface area contributed by atoms with E-state index in [1.807, 2.05) is 25.1 Å². The quantitative estimate of drug-likeness (QED) is 0.269. The molecule has 0 saturated carbocycles. The van der Waals surface area contributed by atoms with Crippen molar-refractivity contribution in [3.63, 3.8) is 0 Å². The van der Waals surface area contributed by atoms with Crippen LogP contribution >= 0.6 is 24.0 Å². The summed E-state index contributed by atoms with van der Waals surface area (Å²) in [7, 11) is 3.76. The van der Waals surface area contributed by atoms with Gasteiger partial charge in [-0.15, -0.1) is 24.0 Å². The van der Waals surface area contributed by atoms with Crippen LogP contribution in [0, 0.1) is 13.8 Å². The second kappa shape index (κ2) is 11.8. The third kappa shape index (κ3) is 7.04. The summed E-state index contributed by atoms with van der Waals surface area (Å²) in [4.78, 5) is 6.90. The molecule has 0 saturated heterocycles. The van der Waals surface area contributed by atoms with Gasteiger partial charge in [0.05, 0.1) is 12.8 Å². The number of aliphatic imine (C=N–C) groups is 1. The van der Waals surface area contributed by atoms with Crippen molar-refractivity contribution in [2.45, 2.75) is 40.3 Å². The molecule has 1 aromatic heterocycles. The van der Waals surface area contributed by atoms with Gasteiger partial charge < -0.3 is 15.0 Å². The van der Waals surface area contributed by atoms with E-state index in [0.717, 1.165) is 55.6 Å². The first-order valence-corrected chi connectivity index (χ1v) is 9.17. The number of nitrogens with one attached hydrogen (secondary N) is 1. The van der Waals surface area contributed by atoms with Crippen LogP contribution in [-0.2, 0) is 13.1 Å². The number of rotatable bonds is 8. The third-order valence-electron chi connectivity index (χ3n) is 4.19. The Balaban J connectivity index is 0.00000364. The van der Waals surface area contributed by atoms with E-state index in [-0.39, 0.29) is 24.0 Å². The van der Waals surface area contributed by atoms with Crippen molar-refractivity contribution in [3.05, 3.63) is 47.3 Å². The monoisotopic (exact) mass is 485 g/mol. The maximum Gasteiger partial charge on any atom is 0.193 e. The standard InChI is InChI=1S/C20H31N5O.HI/c1-6-21-20(22-12-9-13-25-17(3)14-16(2)23-25)24(4)15-18-10-7-8-11-19(18)26-5;/h7-8,10-11,14H,6,9,12-13,15H2,1-5H3,(H,21,22);1H. The number of aromatic nitrogens is 2. The van der Waals surface area contributed by atoms with Gasteiger partial charge >= 0.3 is 0 Å². The Kier molecular flexibility index (Phi) is 10.2. The first-order valence-electron chi connectivity index (χ1n) is 9.17. The predicted molar refractivity (Wildman–Crippen MR) is 122 cm³/mol. The third-order valence-corrected chi connectivity index (χ3v) is 4.19. The molecule has 0 aliphatic heterocycles. The molecule has 6 nitrogen and oxygen atoms in total. The topological polar surface area (TPSA) is 54.7 Å². The SMILES string of the molecule is CCNC(=NCCCn1nc(C)cc1C)N(C)Cc1ccccc1OC.I. The summed E-state index contributed by atoms with van der Waals surface area (Å²) in [5.74, 6) is 1.81. The lowest BCUT2D eigenvalue weighted by Gasteiger charge is -2.23. The van der Waals surface area contributed by atoms with Gasteiger partial charge in [0.15, 0.2) is 5.96 Å².